The number of rotatable bonds is 6. The van der Waals surface area contributed by atoms with Crippen molar-refractivity contribution in [3.63, 3.8) is 0 Å². The van der Waals surface area contributed by atoms with Gasteiger partial charge in [-0.3, -0.25) is 4.79 Å². The van der Waals surface area contributed by atoms with Gasteiger partial charge in [-0.25, -0.2) is 0 Å². The van der Waals surface area contributed by atoms with Gasteiger partial charge < -0.3 is 10.2 Å². The second-order valence-corrected chi connectivity index (χ2v) is 8.68. The highest BCUT2D eigenvalue weighted by Crippen LogP contribution is 2.20. The Morgan fingerprint density at radius 1 is 1.18 bits per heavy atom. The fraction of sp³-hybridized carbons (Fsp3) is 0.333. The lowest BCUT2D eigenvalue weighted by Crippen LogP contribution is -2.20. The summed E-state index contributed by atoms with van der Waals surface area (Å²) in [6.45, 7) is 2.83. The van der Waals surface area contributed by atoms with Crippen molar-refractivity contribution >= 4 is 27.5 Å². The van der Waals surface area contributed by atoms with Crippen LogP contribution in [0.1, 0.15) is 30.4 Å². The Morgan fingerprint density at radius 2 is 1.96 bits per heavy atom. The second kappa shape index (κ2) is 8.56. The number of amidine groups is 1. The molecule has 6 nitrogen and oxygen atoms in total. The molecule has 0 spiro atoms. The lowest BCUT2D eigenvalue weighted by molar-refractivity contribution is -0.116. The molecule has 0 unspecified atom stereocenters. The van der Waals surface area contributed by atoms with Crippen LogP contribution in [0.3, 0.4) is 0 Å². The number of aryl methyl sites for hydroxylation is 2. The van der Waals surface area contributed by atoms with Gasteiger partial charge in [-0.05, 0) is 43.5 Å². The molecule has 0 saturated carbocycles. The Balaban J connectivity index is 1.66. The highest BCUT2D eigenvalue weighted by Gasteiger charge is 2.20. The van der Waals surface area contributed by atoms with E-state index in [9.17, 15) is 13.2 Å². The number of nitrogens with zero attached hydrogens (tertiary/aromatic N) is 2. The normalized spacial score (nSPS) is 15.8. The molecular formula is C21H25N3O3S. The SMILES string of the molecule is Cc1cccc(CCC(=O)Nc2cccc(S(=O)(=O)/N=C3\CCCN3C)c2)c1. The van der Waals surface area contributed by atoms with Gasteiger partial charge in [-0.1, -0.05) is 35.9 Å². The third kappa shape index (κ3) is 5.19. The van der Waals surface area contributed by atoms with E-state index in [1.165, 1.54) is 12.1 Å². The summed E-state index contributed by atoms with van der Waals surface area (Å²) in [6, 6.07) is 14.3. The number of likely N-dealkylation sites (tertiary alicyclic amines) is 1. The Kier molecular flexibility index (Phi) is 6.14. The van der Waals surface area contributed by atoms with Gasteiger partial charge in [0, 0.05) is 32.1 Å². The van der Waals surface area contributed by atoms with E-state index in [0.29, 0.717) is 30.8 Å². The summed E-state index contributed by atoms with van der Waals surface area (Å²) in [7, 11) is -1.96. The minimum atomic E-state index is -3.80. The van der Waals surface area contributed by atoms with Gasteiger partial charge in [0.05, 0.1) is 4.90 Å². The van der Waals surface area contributed by atoms with Gasteiger partial charge in [0.15, 0.2) is 0 Å². The van der Waals surface area contributed by atoms with Gasteiger partial charge in [0.1, 0.15) is 5.84 Å². The van der Waals surface area contributed by atoms with E-state index in [-0.39, 0.29) is 10.8 Å². The monoisotopic (exact) mass is 399 g/mol. The van der Waals surface area contributed by atoms with Crippen LogP contribution in [0.15, 0.2) is 57.8 Å². The van der Waals surface area contributed by atoms with E-state index < -0.39 is 10.0 Å². The summed E-state index contributed by atoms with van der Waals surface area (Å²) >= 11 is 0. The quantitative estimate of drug-likeness (QED) is 0.808. The maximum Gasteiger partial charge on any atom is 0.284 e. The molecule has 0 atom stereocenters. The summed E-state index contributed by atoms with van der Waals surface area (Å²) in [6.07, 6.45) is 2.52. The molecule has 1 N–H and O–H groups in total. The van der Waals surface area contributed by atoms with Gasteiger partial charge in [0.25, 0.3) is 10.0 Å². The van der Waals surface area contributed by atoms with Crippen molar-refractivity contribution in [2.75, 3.05) is 18.9 Å². The van der Waals surface area contributed by atoms with E-state index in [1.807, 2.05) is 37.1 Å². The van der Waals surface area contributed by atoms with Crippen LogP contribution in [0.4, 0.5) is 5.69 Å². The van der Waals surface area contributed by atoms with Crippen LogP contribution in [0.2, 0.25) is 0 Å². The van der Waals surface area contributed by atoms with Crippen LogP contribution >= 0.6 is 0 Å². The molecule has 0 radical (unpaired) electrons. The van der Waals surface area contributed by atoms with Crippen LogP contribution in [0, 0.1) is 6.92 Å². The van der Waals surface area contributed by atoms with Gasteiger partial charge in [-0.2, -0.15) is 8.42 Å². The predicted molar refractivity (Wildman–Crippen MR) is 111 cm³/mol. The highest BCUT2D eigenvalue weighted by atomic mass is 32.2. The Bertz CT molecular complexity index is 999. The molecule has 1 heterocycles. The smallest absolute Gasteiger partial charge is 0.284 e. The topological polar surface area (TPSA) is 78.8 Å². The minimum absolute atomic E-state index is 0.0804. The van der Waals surface area contributed by atoms with E-state index in [2.05, 4.69) is 15.8 Å². The molecule has 0 bridgehead atoms. The number of anilines is 1. The van der Waals surface area contributed by atoms with Gasteiger partial charge in [0.2, 0.25) is 5.91 Å². The first-order valence-corrected chi connectivity index (χ1v) is 10.8. The predicted octanol–water partition coefficient (Wildman–Crippen LogP) is 3.38. The minimum Gasteiger partial charge on any atom is -0.362 e. The molecule has 2 aromatic rings. The molecule has 148 valence electrons. The second-order valence-electron chi connectivity index (χ2n) is 7.07. The zero-order valence-electron chi connectivity index (χ0n) is 16.2. The van der Waals surface area contributed by atoms with Crippen molar-refractivity contribution in [3.05, 3.63) is 59.7 Å². The lowest BCUT2D eigenvalue weighted by Gasteiger charge is -2.11. The number of carbonyl (C=O) groups is 1. The van der Waals surface area contributed by atoms with E-state index in [1.54, 1.807) is 12.1 Å². The third-order valence-electron chi connectivity index (χ3n) is 4.70. The van der Waals surface area contributed by atoms with Gasteiger partial charge >= 0.3 is 0 Å². The first-order chi connectivity index (χ1) is 13.3. The van der Waals surface area contributed by atoms with Crippen LogP contribution in [0.25, 0.3) is 0 Å². The van der Waals surface area contributed by atoms with Crippen molar-refractivity contribution in [1.29, 1.82) is 0 Å². The van der Waals surface area contributed by atoms with E-state index >= 15 is 0 Å². The lowest BCUT2D eigenvalue weighted by atomic mass is 10.1. The molecule has 0 aliphatic carbocycles. The van der Waals surface area contributed by atoms with Crippen LogP contribution in [-0.2, 0) is 21.2 Å². The molecule has 1 fully saturated rings. The average Bonchev–Trinajstić information content (AvgIpc) is 3.04. The van der Waals surface area contributed by atoms with Crippen LogP contribution in [0.5, 0.6) is 0 Å². The average molecular weight is 400 g/mol. The van der Waals surface area contributed by atoms with Crippen molar-refractivity contribution in [1.82, 2.24) is 4.90 Å². The standard InChI is InChI=1S/C21H25N3O3S/c1-16-6-3-7-17(14-16)11-12-21(25)22-18-8-4-9-19(15-18)28(26,27)23-20-10-5-13-24(20)2/h3-4,6-9,14-15H,5,10-13H2,1-2H3,(H,22,25)/b23-20+. The van der Waals surface area contributed by atoms with Crippen molar-refractivity contribution < 1.29 is 13.2 Å². The largest absolute Gasteiger partial charge is 0.362 e. The Labute approximate surface area is 166 Å². The van der Waals surface area contributed by atoms with Crippen molar-refractivity contribution in [3.8, 4) is 0 Å². The molecule has 1 amide bonds. The summed E-state index contributed by atoms with van der Waals surface area (Å²) in [5.41, 5.74) is 2.71. The Morgan fingerprint density at radius 3 is 2.68 bits per heavy atom. The number of hydrogen-bond donors (Lipinski definition) is 1. The number of nitrogens with one attached hydrogen (secondary N) is 1. The summed E-state index contributed by atoms with van der Waals surface area (Å²) in [4.78, 5) is 14.2. The fourth-order valence-electron chi connectivity index (χ4n) is 3.18. The zero-order valence-corrected chi connectivity index (χ0v) is 17.0. The molecule has 3 rings (SSSR count). The summed E-state index contributed by atoms with van der Waals surface area (Å²) in [5.74, 6) is 0.422. The van der Waals surface area contributed by atoms with Gasteiger partial charge in [-0.15, -0.1) is 4.40 Å². The van der Waals surface area contributed by atoms with Crippen LogP contribution in [-0.4, -0.2) is 38.7 Å². The maximum absolute atomic E-state index is 12.6. The maximum atomic E-state index is 12.6. The molecule has 1 aliphatic rings. The number of carbonyl (C=O) groups excluding carboxylic acids is 1. The molecule has 0 aromatic heterocycles. The molecule has 1 saturated heterocycles. The van der Waals surface area contributed by atoms with Crippen molar-refractivity contribution in [2.45, 2.75) is 37.5 Å². The van der Waals surface area contributed by atoms with E-state index in [4.69, 9.17) is 0 Å². The number of amides is 1. The fourth-order valence-corrected chi connectivity index (χ4v) is 4.32. The third-order valence-corrected chi connectivity index (χ3v) is 6.00. The number of sulfonamides is 1. The first kappa shape index (κ1) is 20.1. The molecule has 7 heteroatoms. The summed E-state index contributed by atoms with van der Waals surface area (Å²) in [5, 5.41) is 2.78. The van der Waals surface area contributed by atoms with Crippen LogP contribution < -0.4 is 5.32 Å². The van der Waals surface area contributed by atoms with Crippen molar-refractivity contribution in [2.24, 2.45) is 4.40 Å². The highest BCUT2D eigenvalue weighted by molar-refractivity contribution is 7.90. The molecule has 2 aromatic carbocycles. The number of benzene rings is 2. The molecule has 1 aliphatic heterocycles. The van der Waals surface area contributed by atoms with E-state index in [0.717, 1.165) is 24.1 Å². The Hall–Kier alpha value is -2.67. The number of hydrogen-bond acceptors (Lipinski definition) is 3. The molecular weight excluding hydrogens is 374 g/mol. The molecule has 28 heavy (non-hydrogen) atoms. The zero-order chi connectivity index (χ0) is 20.1. The summed E-state index contributed by atoms with van der Waals surface area (Å²) < 4.78 is 29.1. The first-order valence-electron chi connectivity index (χ1n) is 9.34.